The summed E-state index contributed by atoms with van der Waals surface area (Å²) in [5.41, 5.74) is 3.13. The number of carbonyl (C=O) groups excluding carboxylic acids is 2. The van der Waals surface area contributed by atoms with Crippen molar-refractivity contribution in [1.29, 1.82) is 0 Å². The number of carbonyl (C=O) groups is 2. The van der Waals surface area contributed by atoms with E-state index in [1.807, 2.05) is 45.0 Å². The first-order valence-electron chi connectivity index (χ1n) is 12.0. The minimum atomic E-state index is -4.08. The maximum atomic E-state index is 13.9. The first-order chi connectivity index (χ1) is 17.6. The molecule has 37 heavy (non-hydrogen) atoms. The van der Waals surface area contributed by atoms with E-state index in [0.29, 0.717) is 12.1 Å². The van der Waals surface area contributed by atoms with Crippen molar-refractivity contribution in [1.82, 2.24) is 10.2 Å². The molecule has 0 aliphatic heterocycles. The molecule has 0 heterocycles. The highest BCUT2D eigenvalue weighted by Gasteiger charge is 2.33. The molecule has 0 unspecified atom stereocenters. The molecule has 0 spiro atoms. The van der Waals surface area contributed by atoms with E-state index >= 15 is 0 Å². The van der Waals surface area contributed by atoms with Crippen molar-refractivity contribution < 1.29 is 18.0 Å². The number of benzene rings is 3. The van der Waals surface area contributed by atoms with Gasteiger partial charge >= 0.3 is 0 Å². The molecule has 3 rings (SSSR count). The van der Waals surface area contributed by atoms with Crippen LogP contribution in [0.3, 0.4) is 0 Å². The van der Waals surface area contributed by atoms with E-state index in [2.05, 4.69) is 21.2 Å². The smallest absolute Gasteiger partial charge is 0.264 e. The Morgan fingerprint density at radius 1 is 0.946 bits per heavy atom. The molecule has 3 aromatic rings. The van der Waals surface area contributed by atoms with Crippen LogP contribution in [-0.4, -0.2) is 44.8 Å². The van der Waals surface area contributed by atoms with Gasteiger partial charge in [-0.2, -0.15) is 0 Å². The van der Waals surface area contributed by atoms with Gasteiger partial charge in [-0.1, -0.05) is 64.8 Å². The Hall–Kier alpha value is -3.17. The number of amides is 2. The third-order valence-corrected chi connectivity index (χ3v) is 8.55. The fourth-order valence-electron chi connectivity index (χ4n) is 4.03. The van der Waals surface area contributed by atoms with Crippen molar-refractivity contribution in [2.24, 2.45) is 0 Å². The van der Waals surface area contributed by atoms with Gasteiger partial charge in [0.25, 0.3) is 10.0 Å². The molecule has 0 aromatic heterocycles. The van der Waals surface area contributed by atoms with Crippen LogP contribution in [0.2, 0.25) is 0 Å². The SMILES string of the molecule is CC[C@@H](C(=O)NC)N(Cc1ccccc1C)C(=O)CN(c1ccc(Br)cc1)S(=O)(=O)c1ccc(C)cc1. The molecule has 0 bridgehead atoms. The molecule has 0 saturated heterocycles. The van der Waals surface area contributed by atoms with E-state index in [-0.39, 0.29) is 17.3 Å². The number of hydrogen-bond donors (Lipinski definition) is 1. The Kier molecular flexibility index (Phi) is 9.50. The van der Waals surface area contributed by atoms with Crippen LogP contribution in [0.1, 0.15) is 30.0 Å². The summed E-state index contributed by atoms with van der Waals surface area (Å²) in [6.07, 6.45) is 0.375. The molecule has 1 N–H and O–H groups in total. The van der Waals surface area contributed by atoms with Gasteiger partial charge in [0.2, 0.25) is 11.8 Å². The highest BCUT2D eigenvalue weighted by molar-refractivity contribution is 9.10. The summed E-state index contributed by atoms with van der Waals surface area (Å²) < 4.78 is 29.5. The predicted octanol–water partition coefficient (Wildman–Crippen LogP) is 4.81. The Morgan fingerprint density at radius 2 is 1.57 bits per heavy atom. The third kappa shape index (κ3) is 6.78. The Bertz CT molecular complexity index is 1340. The second-order valence-electron chi connectivity index (χ2n) is 8.79. The van der Waals surface area contributed by atoms with Crippen molar-refractivity contribution in [2.75, 3.05) is 17.9 Å². The Morgan fingerprint density at radius 3 is 2.14 bits per heavy atom. The zero-order valence-electron chi connectivity index (χ0n) is 21.4. The molecule has 2 amide bonds. The van der Waals surface area contributed by atoms with Crippen LogP contribution in [-0.2, 0) is 26.2 Å². The van der Waals surface area contributed by atoms with Gasteiger partial charge < -0.3 is 10.2 Å². The van der Waals surface area contributed by atoms with E-state index in [9.17, 15) is 18.0 Å². The summed E-state index contributed by atoms with van der Waals surface area (Å²) in [6.45, 7) is 5.36. The number of rotatable bonds is 10. The molecule has 0 aliphatic carbocycles. The molecule has 0 radical (unpaired) electrons. The molecule has 0 fully saturated rings. The lowest BCUT2D eigenvalue weighted by Crippen LogP contribution is -2.51. The number of sulfonamides is 1. The van der Waals surface area contributed by atoms with Gasteiger partial charge in [0, 0.05) is 18.1 Å². The lowest BCUT2D eigenvalue weighted by molar-refractivity contribution is -0.140. The van der Waals surface area contributed by atoms with Crippen molar-refractivity contribution in [3.63, 3.8) is 0 Å². The number of nitrogens with zero attached hydrogens (tertiary/aromatic N) is 2. The highest BCUT2D eigenvalue weighted by Crippen LogP contribution is 2.26. The van der Waals surface area contributed by atoms with Crippen LogP contribution in [0, 0.1) is 13.8 Å². The van der Waals surface area contributed by atoms with Gasteiger partial charge in [0.1, 0.15) is 12.6 Å². The molecule has 9 heteroatoms. The fraction of sp³-hybridized carbons (Fsp3) is 0.286. The molecule has 7 nitrogen and oxygen atoms in total. The second-order valence-corrected chi connectivity index (χ2v) is 11.6. The van der Waals surface area contributed by atoms with Crippen molar-refractivity contribution in [3.05, 3.63) is 94.0 Å². The summed E-state index contributed by atoms with van der Waals surface area (Å²) in [5.74, 6) is -0.779. The first kappa shape index (κ1) is 28.4. The van der Waals surface area contributed by atoms with Gasteiger partial charge in [-0.3, -0.25) is 13.9 Å². The average molecular weight is 587 g/mol. The highest BCUT2D eigenvalue weighted by atomic mass is 79.9. The molecular formula is C28H32BrN3O4S. The summed E-state index contributed by atoms with van der Waals surface area (Å²) >= 11 is 3.38. The van der Waals surface area contributed by atoms with Gasteiger partial charge in [-0.05, 0) is 67.8 Å². The van der Waals surface area contributed by atoms with Crippen LogP contribution in [0.4, 0.5) is 5.69 Å². The van der Waals surface area contributed by atoms with Crippen LogP contribution in [0.5, 0.6) is 0 Å². The first-order valence-corrected chi connectivity index (χ1v) is 14.2. The molecule has 1 atom stereocenters. The molecular weight excluding hydrogens is 554 g/mol. The van der Waals surface area contributed by atoms with Crippen molar-refractivity contribution >= 4 is 43.5 Å². The molecule has 196 valence electrons. The van der Waals surface area contributed by atoms with Crippen LogP contribution in [0.15, 0.2) is 82.2 Å². The van der Waals surface area contributed by atoms with Gasteiger partial charge in [-0.15, -0.1) is 0 Å². The van der Waals surface area contributed by atoms with E-state index in [4.69, 9.17) is 0 Å². The van der Waals surface area contributed by atoms with Crippen LogP contribution < -0.4 is 9.62 Å². The quantitative estimate of drug-likeness (QED) is 0.370. The number of hydrogen-bond acceptors (Lipinski definition) is 4. The third-order valence-electron chi connectivity index (χ3n) is 6.24. The predicted molar refractivity (Wildman–Crippen MR) is 150 cm³/mol. The topological polar surface area (TPSA) is 86.8 Å². The lowest BCUT2D eigenvalue weighted by atomic mass is 10.1. The van der Waals surface area contributed by atoms with E-state index in [0.717, 1.165) is 25.5 Å². The largest absolute Gasteiger partial charge is 0.357 e. The zero-order chi connectivity index (χ0) is 27.2. The van der Waals surface area contributed by atoms with E-state index in [1.54, 1.807) is 36.4 Å². The normalized spacial score (nSPS) is 12.0. The van der Waals surface area contributed by atoms with Crippen molar-refractivity contribution in [3.8, 4) is 0 Å². The summed E-state index contributed by atoms with van der Waals surface area (Å²) in [6, 6.07) is 20.1. The van der Waals surface area contributed by atoms with Gasteiger partial charge in [-0.25, -0.2) is 8.42 Å². The Labute approximate surface area is 227 Å². The summed E-state index contributed by atoms with van der Waals surface area (Å²) in [7, 11) is -2.56. The van der Waals surface area contributed by atoms with Crippen LogP contribution in [0.25, 0.3) is 0 Å². The Balaban J connectivity index is 2.06. The minimum absolute atomic E-state index is 0.0811. The molecule has 0 saturated carbocycles. The number of aryl methyl sites for hydroxylation is 2. The second kappa shape index (κ2) is 12.4. The summed E-state index contributed by atoms with van der Waals surface area (Å²) in [4.78, 5) is 28.2. The van der Waals surface area contributed by atoms with Gasteiger partial charge in [0.05, 0.1) is 10.6 Å². The number of likely N-dealkylation sites (N-methyl/N-ethyl adjacent to an activating group) is 1. The maximum absolute atomic E-state index is 13.9. The number of anilines is 1. The molecule has 0 aliphatic rings. The average Bonchev–Trinajstić information content (AvgIpc) is 2.88. The van der Waals surface area contributed by atoms with Crippen LogP contribution >= 0.6 is 15.9 Å². The number of halogens is 1. The standard InChI is InChI=1S/C28H32BrN3O4S/c1-5-26(28(34)30-4)31(18-22-9-7-6-8-21(22)3)27(33)19-32(24-14-12-23(29)13-15-24)37(35,36)25-16-10-20(2)11-17-25/h6-17,26H,5,18-19H2,1-4H3,(H,30,34)/t26-/m0/s1. The monoisotopic (exact) mass is 585 g/mol. The summed E-state index contributed by atoms with van der Waals surface area (Å²) in [5, 5.41) is 2.63. The van der Waals surface area contributed by atoms with E-state index < -0.39 is 28.5 Å². The van der Waals surface area contributed by atoms with E-state index in [1.165, 1.54) is 24.1 Å². The maximum Gasteiger partial charge on any atom is 0.264 e. The van der Waals surface area contributed by atoms with Gasteiger partial charge in [0.15, 0.2) is 0 Å². The lowest BCUT2D eigenvalue weighted by Gasteiger charge is -2.33. The fourth-order valence-corrected chi connectivity index (χ4v) is 5.71. The minimum Gasteiger partial charge on any atom is -0.357 e. The van der Waals surface area contributed by atoms with Crippen molar-refractivity contribution in [2.45, 2.75) is 44.7 Å². The number of nitrogens with one attached hydrogen (secondary N) is 1. The zero-order valence-corrected chi connectivity index (χ0v) is 23.8. The molecule has 3 aromatic carbocycles.